The van der Waals surface area contributed by atoms with E-state index in [4.69, 9.17) is 0 Å². The molecule has 2 rings (SSSR count). The molecular weight excluding hydrogens is 242 g/mol. The van der Waals surface area contributed by atoms with Gasteiger partial charge in [-0.2, -0.15) is 0 Å². The molecule has 0 radical (unpaired) electrons. The van der Waals surface area contributed by atoms with Crippen molar-refractivity contribution in [3.8, 4) is 0 Å². The van der Waals surface area contributed by atoms with Gasteiger partial charge in [0.25, 0.3) is 0 Å². The molecule has 0 fully saturated rings. The van der Waals surface area contributed by atoms with E-state index < -0.39 is 0 Å². The van der Waals surface area contributed by atoms with Gasteiger partial charge >= 0.3 is 0 Å². The summed E-state index contributed by atoms with van der Waals surface area (Å²) in [6, 6.07) is 8.98. The Kier molecular flexibility index (Phi) is 4.73. The molecule has 0 bridgehead atoms. The van der Waals surface area contributed by atoms with E-state index in [-0.39, 0.29) is 0 Å². The molecule has 1 heterocycles. The van der Waals surface area contributed by atoms with E-state index in [0.717, 1.165) is 12.1 Å². The van der Waals surface area contributed by atoms with Gasteiger partial charge in [-0.05, 0) is 30.9 Å². The zero-order chi connectivity index (χ0) is 12.8. The number of rotatable bonds is 5. The SMILES string of the molecule is CSc1ccc(C(C)NCc2cncnc2)cc1. The summed E-state index contributed by atoms with van der Waals surface area (Å²) in [6.45, 7) is 2.95. The molecule has 1 aromatic heterocycles. The second-order valence-corrected chi connectivity index (χ2v) is 5.00. The zero-order valence-electron chi connectivity index (χ0n) is 10.6. The summed E-state index contributed by atoms with van der Waals surface area (Å²) in [5, 5.41) is 3.47. The highest BCUT2D eigenvalue weighted by Gasteiger charge is 2.04. The molecule has 1 unspecified atom stereocenters. The number of nitrogens with zero attached hydrogens (tertiary/aromatic N) is 2. The fourth-order valence-corrected chi connectivity index (χ4v) is 2.11. The molecule has 1 aromatic carbocycles. The summed E-state index contributed by atoms with van der Waals surface area (Å²) >= 11 is 1.76. The van der Waals surface area contributed by atoms with Crippen LogP contribution in [0.3, 0.4) is 0 Å². The van der Waals surface area contributed by atoms with Crippen LogP contribution in [0, 0.1) is 0 Å². The topological polar surface area (TPSA) is 37.8 Å². The summed E-state index contributed by atoms with van der Waals surface area (Å²) in [5.41, 5.74) is 2.40. The third-order valence-corrected chi connectivity index (χ3v) is 3.59. The van der Waals surface area contributed by atoms with Crippen LogP contribution in [-0.4, -0.2) is 16.2 Å². The van der Waals surface area contributed by atoms with Gasteiger partial charge in [0.05, 0.1) is 0 Å². The fraction of sp³-hybridized carbons (Fsp3) is 0.286. The lowest BCUT2D eigenvalue weighted by molar-refractivity contribution is 0.572. The molecule has 0 saturated carbocycles. The van der Waals surface area contributed by atoms with Crippen LogP contribution in [0.15, 0.2) is 47.9 Å². The molecular formula is C14H17N3S. The van der Waals surface area contributed by atoms with Crippen LogP contribution in [0.5, 0.6) is 0 Å². The summed E-state index contributed by atoms with van der Waals surface area (Å²) in [5.74, 6) is 0. The van der Waals surface area contributed by atoms with Gasteiger partial charge in [-0.25, -0.2) is 9.97 Å². The van der Waals surface area contributed by atoms with Crippen molar-refractivity contribution >= 4 is 11.8 Å². The van der Waals surface area contributed by atoms with Crippen LogP contribution < -0.4 is 5.32 Å². The second-order valence-electron chi connectivity index (χ2n) is 4.12. The summed E-state index contributed by atoms with van der Waals surface area (Å²) in [4.78, 5) is 9.30. The highest BCUT2D eigenvalue weighted by Crippen LogP contribution is 2.19. The molecule has 1 atom stereocenters. The first kappa shape index (κ1) is 13.1. The highest BCUT2D eigenvalue weighted by atomic mass is 32.2. The fourth-order valence-electron chi connectivity index (χ4n) is 1.70. The Balaban J connectivity index is 1.93. The first-order chi connectivity index (χ1) is 8.79. The van der Waals surface area contributed by atoms with Crippen LogP contribution in [0.1, 0.15) is 24.1 Å². The Hall–Kier alpha value is -1.39. The molecule has 3 nitrogen and oxygen atoms in total. The zero-order valence-corrected chi connectivity index (χ0v) is 11.4. The van der Waals surface area contributed by atoms with Crippen molar-refractivity contribution in [1.29, 1.82) is 0 Å². The van der Waals surface area contributed by atoms with Gasteiger partial charge in [-0.1, -0.05) is 12.1 Å². The van der Waals surface area contributed by atoms with E-state index in [1.54, 1.807) is 18.1 Å². The Morgan fingerprint density at radius 1 is 1.17 bits per heavy atom. The Labute approximate surface area is 112 Å². The van der Waals surface area contributed by atoms with E-state index in [9.17, 15) is 0 Å². The minimum absolute atomic E-state index is 0.320. The van der Waals surface area contributed by atoms with Crippen LogP contribution in [0.2, 0.25) is 0 Å². The Morgan fingerprint density at radius 3 is 2.44 bits per heavy atom. The minimum Gasteiger partial charge on any atom is -0.306 e. The molecule has 1 N–H and O–H groups in total. The van der Waals surface area contributed by atoms with Crippen molar-refractivity contribution < 1.29 is 0 Å². The van der Waals surface area contributed by atoms with E-state index in [1.165, 1.54) is 10.5 Å². The number of aromatic nitrogens is 2. The van der Waals surface area contributed by atoms with Gasteiger partial charge < -0.3 is 5.32 Å². The summed E-state index contributed by atoms with van der Waals surface area (Å²) in [6.07, 6.45) is 7.31. The van der Waals surface area contributed by atoms with Crippen molar-refractivity contribution in [3.05, 3.63) is 54.1 Å². The van der Waals surface area contributed by atoms with Gasteiger partial charge in [0.15, 0.2) is 0 Å². The molecule has 0 saturated heterocycles. The predicted molar refractivity (Wildman–Crippen MR) is 75.5 cm³/mol. The molecule has 4 heteroatoms. The maximum Gasteiger partial charge on any atom is 0.115 e. The third kappa shape index (κ3) is 3.55. The highest BCUT2D eigenvalue weighted by molar-refractivity contribution is 7.98. The first-order valence-electron chi connectivity index (χ1n) is 5.91. The van der Waals surface area contributed by atoms with Gasteiger partial charge in [0.2, 0.25) is 0 Å². The maximum atomic E-state index is 4.00. The molecule has 0 aliphatic heterocycles. The molecule has 0 amide bonds. The lowest BCUT2D eigenvalue weighted by atomic mass is 10.1. The monoisotopic (exact) mass is 259 g/mol. The minimum atomic E-state index is 0.320. The van der Waals surface area contributed by atoms with Gasteiger partial charge in [0, 0.05) is 35.4 Å². The number of nitrogens with one attached hydrogen (secondary N) is 1. The largest absolute Gasteiger partial charge is 0.306 e. The molecule has 0 aliphatic rings. The lowest BCUT2D eigenvalue weighted by Crippen LogP contribution is -2.18. The smallest absolute Gasteiger partial charge is 0.115 e. The van der Waals surface area contributed by atoms with Crippen molar-refractivity contribution in [3.63, 3.8) is 0 Å². The Bertz CT molecular complexity index is 470. The van der Waals surface area contributed by atoms with Gasteiger partial charge in [-0.15, -0.1) is 11.8 Å². The Morgan fingerprint density at radius 2 is 1.83 bits per heavy atom. The predicted octanol–water partition coefficient (Wildman–Crippen LogP) is 3.05. The number of thioether (sulfide) groups is 1. The summed E-state index contributed by atoms with van der Waals surface area (Å²) in [7, 11) is 0. The van der Waals surface area contributed by atoms with Crippen molar-refractivity contribution in [2.75, 3.05) is 6.26 Å². The van der Waals surface area contributed by atoms with Crippen molar-refractivity contribution in [1.82, 2.24) is 15.3 Å². The van der Waals surface area contributed by atoms with Crippen LogP contribution >= 0.6 is 11.8 Å². The average molecular weight is 259 g/mol. The van der Waals surface area contributed by atoms with Crippen molar-refractivity contribution in [2.45, 2.75) is 24.4 Å². The number of hydrogen-bond acceptors (Lipinski definition) is 4. The lowest BCUT2D eigenvalue weighted by Gasteiger charge is -2.14. The van der Waals surface area contributed by atoms with E-state index in [0.29, 0.717) is 6.04 Å². The molecule has 0 aliphatic carbocycles. The average Bonchev–Trinajstić information content (AvgIpc) is 2.46. The third-order valence-electron chi connectivity index (χ3n) is 2.84. The van der Waals surface area contributed by atoms with E-state index in [1.807, 2.05) is 12.4 Å². The molecule has 18 heavy (non-hydrogen) atoms. The van der Waals surface area contributed by atoms with E-state index >= 15 is 0 Å². The van der Waals surface area contributed by atoms with Crippen LogP contribution in [-0.2, 0) is 6.54 Å². The van der Waals surface area contributed by atoms with Crippen LogP contribution in [0.4, 0.5) is 0 Å². The van der Waals surface area contributed by atoms with Crippen molar-refractivity contribution in [2.24, 2.45) is 0 Å². The van der Waals surface area contributed by atoms with Gasteiger partial charge in [0.1, 0.15) is 6.33 Å². The maximum absolute atomic E-state index is 4.00. The summed E-state index contributed by atoms with van der Waals surface area (Å²) < 4.78 is 0. The van der Waals surface area contributed by atoms with Gasteiger partial charge in [-0.3, -0.25) is 0 Å². The molecule has 0 spiro atoms. The molecule has 2 aromatic rings. The quantitative estimate of drug-likeness (QED) is 0.838. The van der Waals surface area contributed by atoms with Crippen LogP contribution in [0.25, 0.3) is 0 Å². The second kappa shape index (κ2) is 6.52. The number of benzene rings is 1. The standard InChI is InChI=1S/C14H17N3S/c1-11(13-3-5-14(18-2)6-4-13)17-9-12-7-15-10-16-8-12/h3-8,10-11,17H,9H2,1-2H3. The first-order valence-corrected chi connectivity index (χ1v) is 7.13. The normalized spacial score (nSPS) is 12.3. The molecule has 94 valence electrons. The van der Waals surface area contributed by atoms with E-state index in [2.05, 4.69) is 52.7 Å². The number of hydrogen-bond donors (Lipinski definition) is 1.